The normalized spacial score (nSPS) is 14.4. The zero-order chi connectivity index (χ0) is 21.3. The summed E-state index contributed by atoms with van der Waals surface area (Å²) < 4.78 is 43.9. The number of carbonyl (C=O) groups excluding carboxylic acids is 1. The molecule has 0 N–H and O–H groups in total. The van der Waals surface area contributed by atoms with E-state index in [1.165, 1.54) is 25.3 Å². The molecule has 9 heteroatoms. The Morgan fingerprint density at radius 3 is 2.52 bits per heavy atom. The molecule has 2 heterocycles. The summed E-state index contributed by atoms with van der Waals surface area (Å²) in [6, 6.07) is 8.02. The zero-order valence-corrected chi connectivity index (χ0v) is 16.2. The molecule has 1 atom stereocenters. The first-order valence-corrected chi connectivity index (χ1v) is 8.66. The molecule has 0 saturated carbocycles. The van der Waals surface area contributed by atoms with E-state index in [0.717, 1.165) is 17.7 Å². The number of hydroxylamine groups is 1. The minimum atomic E-state index is -4.44. The van der Waals surface area contributed by atoms with Crippen LogP contribution in [0, 0.1) is 6.92 Å². The molecule has 0 aliphatic carbocycles. The van der Waals surface area contributed by atoms with Crippen LogP contribution in [0.5, 0.6) is 5.75 Å². The number of carbonyl (C=O) groups is 1. The van der Waals surface area contributed by atoms with Gasteiger partial charge in [-0.15, -0.1) is 0 Å². The lowest BCUT2D eigenvalue weighted by atomic mass is 10.00. The van der Waals surface area contributed by atoms with Gasteiger partial charge in [-0.1, -0.05) is 17.3 Å². The monoisotopic (exact) mass is 408 g/mol. The van der Waals surface area contributed by atoms with Crippen molar-refractivity contribution in [3.63, 3.8) is 0 Å². The van der Waals surface area contributed by atoms with Crippen LogP contribution in [0.3, 0.4) is 0 Å². The van der Waals surface area contributed by atoms with E-state index in [9.17, 15) is 18.0 Å². The van der Waals surface area contributed by atoms with Crippen LogP contribution in [0.1, 0.15) is 35.2 Å². The number of anilines is 1. The van der Waals surface area contributed by atoms with Gasteiger partial charge >= 0.3 is 12.1 Å². The summed E-state index contributed by atoms with van der Waals surface area (Å²) in [5.41, 5.74) is 1.30. The largest absolute Gasteiger partial charge is 0.464 e. The van der Waals surface area contributed by atoms with Crippen LogP contribution in [-0.2, 0) is 20.5 Å². The van der Waals surface area contributed by atoms with Gasteiger partial charge in [0.25, 0.3) is 0 Å². The fourth-order valence-electron chi connectivity index (χ4n) is 3.13. The van der Waals surface area contributed by atoms with Gasteiger partial charge in [-0.3, -0.25) is 0 Å². The maximum atomic E-state index is 13.1. The first-order chi connectivity index (χ1) is 13.7. The number of methoxy groups -OCH3 is 1. The average molecular weight is 408 g/mol. The Hall–Kier alpha value is -3.23. The van der Waals surface area contributed by atoms with E-state index < -0.39 is 23.8 Å². The first kappa shape index (κ1) is 20.5. The molecule has 154 valence electrons. The number of alkyl halides is 3. The lowest BCUT2D eigenvalue weighted by molar-refractivity contribution is -0.137. The molecular formula is C20H19F3N2O4. The molecule has 2 aliphatic rings. The number of benzene rings is 2. The SMILES string of the molecule is CON=C(C(=O)OC)c1cc2cc(C)c1ON2C(C)c1cccc(C(F)(F)F)c1. The minimum absolute atomic E-state index is 0.0682. The molecule has 0 saturated heterocycles. The third-order valence-electron chi connectivity index (χ3n) is 4.57. The van der Waals surface area contributed by atoms with Crippen LogP contribution in [-0.4, -0.2) is 25.9 Å². The molecule has 6 nitrogen and oxygen atoms in total. The summed E-state index contributed by atoms with van der Waals surface area (Å²) in [5, 5.41) is 5.22. The summed E-state index contributed by atoms with van der Waals surface area (Å²) in [6.07, 6.45) is -4.44. The maximum absolute atomic E-state index is 13.1. The van der Waals surface area contributed by atoms with Crippen molar-refractivity contribution in [1.29, 1.82) is 0 Å². The average Bonchev–Trinajstić information content (AvgIpc) is 2.70. The van der Waals surface area contributed by atoms with Crippen molar-refractivity contribution in [1.82, 2.24) is 0 Å². The Kier molecular flexibility index (Phi) is 5.41. The summed E-state index contributed by atoms with van der Waals surface area (Å²) >= 11 is 0. The zero-order valence-electron chi connectivity index (χ0n) is 16.2. The van der Waals surface area contributed by atoms with Gasteiger partial charge in [-0.25, -0.2) is 9.86 Å². The molecule has 0 radical (unpaired) electrons. The Morgan fingerprint density at radius 1 is 1.21 bits per heavy atom. The van der Waals surface area contributed by atoms with Gasteiger partial charge in [-0.2, -0.15) is 13.2 Å². The van der Waals surface area contributed by atoms with E-state index in [2.05, 4.69) is 5.16 Å². The van der Waals surface area contributed by atoms with Crippen molar-refractivity contribution >= 4 is 17.4 Å². The number of oxime groups is 1. The number of esters is 1. The summed E-state index contributed by atoms with van der Waals surface area (Å²) in [6.45, 7) is 3.52. The molecule has 0 spiro atoms. The Morgan fingerprint density at radius 2 is 1.93 bits per heavy atom. The van der Waals surface area contributed by atoms with E-state index in [-0.39, 0.29) is 5.71 Å². The lowest BCUT2D eigenvalue weighted by Gasteiger charge is -2.36. The van der Waals surface area contributed by atoms with Crippen molar-refractivity contribution in [3.05, 3.63) is 58.7 Å². The second kappa shape index (κ2) is 7.65. The fraction of sp³-hybridized carbons (Fsp3) is 0.300. The number of rotatable bonds is 5. The van der Waals surface area contributed by atoms with Gasteiger partial charge in [0.15, 0.2) is 11.5 Å². The number of hydrogen-bond acceptors (Lipinski definition) is 6. The van der Waals surface area contributed by atoms with Crippen LogP contribution in [0.4, 0.5) is 18.9 Å². The van der Waals surface area contributed by atoms with Crippen molar-refractivity contribution in [2.45, 2.75) is 26.1 Å². The Bertz CT molecular complexity index is 973. The lowest BCUT2D eigenvalue weighted by Crippen LogP contribution is -2.36. The number of nitrogens with zero attached hydrogens (tertiary/aromatic N) is 2. The van der Waals surface area contributed by atoms with Crippen LogP contribution in [0.25, 0.3) is 0 Å². The van der Waals surface area contributed by atoms with Crippen LogP contribution >= 0.6 is 0 Å². The third-order valence-corrected chi connectivity index (χ3v) is 4.57. The van der Waals surface area contributed by atoms with E-state index in [4.69, 9.17) is 14.4 Å². The van der Waals surface area contributed by atoms with E-state index >= 15 is 0 Å². The van der Waals surface area contributed by atoms with Crippen LogP contribution in [0.2, 0.25) is 0 Å². The molecule has 2 aliphatic heterocycles. The predicted molar refractivity (Wildman–Crippen MR) is 99.7 cm³/mol. The predicted octanol–water partition coefficient (Wildman–Crippen LogP) is 4.41. The van der Waals surface area contributed by atoms with Gasteiger partial charge < -0.3 is 14.4 Å². The molecule has 0 amide bonds. The fourth-order valence-corrected chi connectivity index (χ4v) is 3.13. The van der Waals surface area contributed by atoms with Gasteiger partial charge in [0, 0.05) is 0 Å². The number of aryl methyl sites for hydroxylation is 1. The minimum Gasteiger partial charge on any atom is -0.464 e. The topological polar surface area (TPSA) is 60.4 Å². The first-order valence-electron chi connectivity index (χ1n) is 8.66. The van der Waals surface area contributed by atoms with Gasteiger partial charge in [0.2, 0.25) is 0 Å². The maximum Gasteiger partial charge on any atom is 0.416 e. The second-order valence-corrected chi connectivity index (χ2v) is 6.47. The highest BCUT2D eigenvalue weighted by Crippen LogP contribution is 2.41. The summed E-state index contributed by atoms with van der Waals surface area (Å²) in [5.74, 6) is -0.354. The quantitative estimate of drug-likeness (QED) is 0.417. The van der Waals surface area contributed by atoms with Gasteiger partial charge in [0.1, 0.15) is 7.11 Å². The Balaban J connectivity index is 1.99. The molecule has 0 fully saturated rings. The highest BCUT2D eigenvalue weighted by Gasteiger charge is 2.34. The molecule has 4 rings (SSSR count). The smallest absolute Gasteiger partial charge is 0.416 e. The highest BCUT2D eigenvalue weighted by molar-refractivity contribution is 6.44. The summed E-state index contributed by atoms with van der Waals surface area (Å²) in [4.78, 5) is 22.7. The molecule has 2 aromatic rings. The summed E-state index contributed by atoms with van der Waals surface area (Å²) in [7, 11) is 2.52. The van der Waals surface area contributed by atoms with E-state index in [1.54, 1.807) is 26.0 Å². The third kappa shape index (κ3) is 3.85. The van der Waals surface area contributed by atoms with Gasteiger partial charge in [-0.05, 0) is 49.2 Å². The van der Waals surface area contributed by atoms with Crippen molar-refractivity contribution < 1.29 is 32.4 Å². The number of hydrogen-bond donors (Lipinski definition) is 0. The molecule has 2 bridgehead atoms. The highest BCUT2D eigenvalue weighted by atomic mass is 19.4. The van der Waals surface area contributed by atoms with Crippen molar-refractivity contribution in [2.24, 2.45) is 5.16 Å². The van der Waals surface area contributed by atoms with Gasteiger partial charge in [0.05, 0.1) is 30.0 Å². The number of ether oxygens (including phenoxy) is 1. The standard InChI is InChI=1S/C20H19F3N2O4/c1-11-8-15-10-16(17(24-28-4)19(26)27-3)18(11)29-25(15)12(2)13-6-5-7-14(9-13)20(21,22)23/h5-10,12H,1-4H3. The molecule has 0 aromatic heterocycles. The van der Waals surface area contributed by atoms with Crippen LogP contribution in [0.15, 0.2) is 41.6 Å². The molecule has 1 unspecified atom stereocenters. The second-order valence-electron chi connectivity index (χ2n) is 6.47. The number of fused-ring (bicyclic) bond motifs is 3. The van der Waals surface area contributed by atoms with Crippen molar-refractivity contribution in [2.75, 3.05) is 19.3 Å². The number of halogens is 3. The molecular weight excluding hydrogens is 389 g/mol. The molecule has 29 heavy (non-hydrogen) atoms. The Labute approximate surface area is 165 Å². The van der Waals surface area contributed by atoms with Crippen LogP contribution < -0.4 is 9.90 Å². The molecule has 2 aromatic carbocycles. The van der Waals surface area contributed by atoms with Crippen molar-refractivity contribution in [3.8, 4) is 5.75 Å². The van der Waals surface area contributed by atoms with E-state index in [0.29, 0.717) is 22.6 Å². The van der Waals surface area contributed by atoms with E-state index in [1.807, 2.05) is 6.07 Å².